The highest BCUT2D eigenvalue weighted by Crippen LogP contribution is 2.37. The summed E-state index contributed by atoms with van der Waals surface area (Å²) in [4.78, 5) is 0. The van der Waals surface area contributed by atoms with Crippen LogP contribution in [-0.4, -0.2) is 123 Å². The van der Waals surface area contributed by atoms with Crippen molar-refractivity contribution < 1.29 is 48.9 Å². The smallest absolute Gasteiger partial charge is 0.123 e. The van der Waals surface area contributed by atoms with Crippen LogP contribution in [0, 0.1) is 11.6 Å². The van der Waals surface area contributed by atoms with Crippen molar-refractivity contribution in [3.8, 4) is 22.5 Å². The Morgan fingerprint density at radius 2 is 1.11 bits per heavy atom. The van der Waals surface area contributed by atoms with Crippen molar-refractivity contribution in [2.45, 2.75) is 67.3 Å². The summed E-state index contributed by atoms with van der Waals surface area (Å²) >= 11 is 0. The van der Waals surface area contributed by atoms with Crippen LogP contribution in [0.4, 0.5) is 8.78 Å². The van der Waals surface area contributed by atoms with Gasteiger partial charge in [-0.3, -0.25) is 0 Å². The molecular weight excluding hydrogens is 597 g/mol. The Morgan fingerprint density at radius 3 is 1.60 bits per heavy atom. The van der Waals surface area contributed by atoms with E-state index < -0.39 is 85.8 Å². The highest BCUT2D eigenvalue weighted by molar-refractivity contribution is 5.58. The molecule has 6 N–H and O–H groups in total. The topological polar surface area (TPSA) is 201 Å². The van der Waals surface area contributed by atoms with Crippen LogP contribution in [0.3, 0.4) is 0 Å². The molecule has 2 fully saturated rings. The molecule has 0 aliphatic carbocycles. The van der Waals surface area contributed by atoms with Crippen molar-refractivity contribution in [1.29, 1.82) is 0 Å². The third-order valence-electron chi connectivity index (χ3n) is 8.34. The molecule has 2 aromatic heterocycles. The Kier molecular flexibility index (Phi) is 8.98. The summed E-state index contributed by atoms with van der Waals surface area (Å²) in [6.45, 7) is -1.23. The van der Waals surface area contributed by atoms with Gasteiger partial charge in [0.2, 0.25) is 0 Å². The number of aliphatic hydroxyl groups is 6. The van der Waals surface area contributed by atoms with E-state index in [9.17, 15) is 39.4 Å². The molecule has 0 radical (unpaired) electrons. The quantitative estimate of drug-likeness (QED) is 0.148. The van der Waals surface area contributed by atoms with E-state index >= 15 is 0 Å². The molecule has 14 nitrogen and oxygen atoms in total. The van der Waals surface area contributed by atoms with Gasteiger partial charge in [-0.2, -0.15) is 0 Å². The molecule has 2 aliphatic rings. The second-order valence-corrected chi connectivity index (χ2v) is 11.2. The van der Waals surface area contributed by atoms with Gasteiger partial charge in [0.15, 0.2) is 0 Å². The number of rotatable bonds is 8. The summed E-state index contributed by atoms with van der Waals surface area (Å²) in [6, 6.07) is 8.85. The first-order chi connectivity index (χ1) is 21.7. The second-order valence-electron chi connectivity index (χ2n) is 11.2. The largest absolute Gasteiger partial charge is 0.394 e. The maximum Gasteiger partial charge on any atom is 0.123 e. The number of aliphatic hydroxyl groups excluding tert-OH is 6. The van der Waals surface area contributed by atoms with Gasteiger partial charge in [-0.05, 0) is 36.4 Å². The monoisotopic (exact) mass is 629 g/mol. The lowest BCUT2D eigenvalue weighted by Gasteiger charge is -2.46. The minimum Gasteiger partial charge on any atom is -0.394 e. The third-order valence-corrected chi connectivity index (χ3v) is 8.34. The summed E-state index contributed by atoms with van der Waals surface area (Å²) in [7, 11) is 0. The molecule has 240 valence electrons. The van der Waals surface area contributed by atoms with Gasteiger partial charge in [-0.1, -0.05) is 22.6 Å². The molecule has 0 bridgehead atoms. The maximum atomic E-state index is 13.8. The lowest BCUT2D eigenvalue weighted by atomic mass is 9.85. The van der Waals surface area contributed by atoms with E-state index in [1.54, 1.807) is 6.07 Å². The molecule has 16 heteroatoms. The predicted octanol–water partition coefficient (Wildman–Crippen LogP) is -0.383. The zero-order valence-corrected chi connectivity index (χ0v) is 23.6. The summed E-state index contributed by atoms with van der Waals surface area (Å²) in [5.41, 5.74) is 1.58. The SMILES string of the molecule is OC[C@@H]1O[C@H](C[C@@H]2O[C@H](CO)[C@H](O)[C@H](n3cc(-c4ccc([18F])cc4)nn3)[C@@H]2O)[C@H](O)[C@H](n2cc(-c3cccc(F)c3)nn2)[C@@H]1O. The van der Waals surface area contributed by atoms with Gasteiger partial charge in [0.25, 0.3) is 0 Å². The van der Waals surface area contributed by atoms with Crippen molar-refractivity contribution in [3.05, 3.63) is 72.6 Å². The van der Waals surface area contributed by atoms with Crippen molar-refractivity contribution in [2.75, 3.05) is 13.2 Å². The Morgan fingerprint density at radius 1 is 0.622 bits per heavy atom. The van der Waals surface area contributed by atoms with E-state index in [-0.39, 0.29) is 12.1 Å². The molecule has 0 saturated carbocycles. The minimum absolute atomic E-state index is 0.202. The molecule has 0 unspecified atom stereocenters. The summed E-state index contributed by atoms with van der Waals surface area (Å²) < 4.78 is 41.3. The second kappa shape index (κ2) is 12.9. The van der Waals surface area contributed by atoms with E-state index in [0.717, 1.165) is 0 Å². The third kappa shape index (κ3) is 6.10. The first kappa shape index (κ1) is 31.3. The minimum atomic E-state index is -1.46. The fourth-order valence-electron chi connectivity index (χ4n) is 5.98. The molecule has 10 atom stereocenters. The zero-order chi connectivity index (χ0) is 31.8. The Labute approximate surface area is 254 Å². The number of hydrogen-bond donors (Lipinski definition) is 6. The van der Waals surface area contributed by atoms with Gasteiger partial charge in [0.05, 0.1) is 37.8 Å². The zero-order valence-electron chi connectivity index (χ0n) is 23.6. The van der Waals surface area contributed by atoms with Crippen molar-refractivity contribution in [1.82, 2.24) is 30.0 Å². The molecule has 0 spiro atoms. The lowest BCUT2D eigenvalue weighted by Crippen LogP contribution is -2.60. The van der Waals surface area contributed by atoms with Crippen LogP contribution in [0.2, 0.25) is 0 Å². The van der Waals surface area contributed by atoms with Crippen LogP contribution < -0.4 is 0 Å². The number of halogens is 2. The number of benzene rings is 2. The summed E-state index contributed by atoms with van der Waals surface area (Å²) in [6.07, 6.45) is -7.70. The highest BCUT2D eigenvalue weighted by atomic mass is 19.1. The van der Waals surface area contributed by atoms with Gasteiger partial charge in [-0.25, -0.2) is 18.1 Å². The van der Waals surface area contributed by atoms with Crippen molar-refractivity contribution >= 4 is 0 Å². The van der Waals surface area contributed by atoms with Crippen LogP contribution in [0.5, 0.6) is 0 Å². The summed E-state index contributed by atoms with van der Waals surface area (Å²) in [5, 5.41) is 81.0. The predicted molar refractivity (Wildman–Crippen MR) is 149 cm³/mol. The lowest BCUT2D eigenvalue weighted by molar-refractivity contribution is -0.242. The molecule has 2 aromatic carbocycles. The Hall–Kier alpha value is -3.74. The van der Waals surface area contributed by atoms with Crippen LogP contribution >= 0.6 is 0 Å². The molecule has 0 amide bonds. The Bertz CT molecular complexity index is 1590. The number of ether oxygens (including phenoxy) is 2. The van der Waals surface area contributed by atoms with Crippen LogP contribution in [-0.2, 0) is 9.47 Å². The first-order valence-corrected chi connectivity index (χ1v) is 14.3. The van der Waals surface area contributed by atoms with Gasteiger partial charge >= 0.3 is 0 Å². The molecule has 4 heterocycles. The molecule has 2 aliphatic heterocycles. The molecular formula is C29H32F2N6O8. The van der Waals surface area contributed by atoms with Gasteiger partial charge in [0.1, 0.15) is 71.7 Å². The van der Waals surface area contributed by atoms with Crippen molar-refractivity contribution in [2.24, 2.45) is 0 Å². The summed E-state index contributed by atoms with van der Waals surface area (Å²) in [5.74, 6) is -0.919. The molecule has 4 aromatic rings. The number of nitrogens with zero attached hydrogens (tertiary/aromatic N) is 6. The van der Waals surface area contributed by atoms with Crippen molar-refractivity contribution in [3.63, 3.8) is 0 Å². The Balaban J connectivity index is 1.25. The van der Waals surface area contributed by atoms with E-state index in [0.29, 0.717) is 16.8 Å². The standard InChI is InChI=1S/C29H32F2N6O8/c30-16-6-4-14(5-7-16)18-10-36(34-32-18)24-26(40)20(44-22(12-38)28(24)42)9-21-27(41)25(29(43)23(13-39)45-21)37-11-19(33-35-37)15-2-1-3-17(31)8-15/h1-8,10-11,20-29,38-43H,9,12-13H2/t20-,21+,22+,23-,24+,25-,26+,27-,28-,29+/m0/s1/i30-1. The maximum absolute atomic E-state index is 13.8. The molecule has 6 rings (SSSR count). The van der Waals surface area contributed by atoms with E-state index in [1.807, 2.05) is 0 Å². The van der Waals surface area contributed by atoms with E-state index in [4.69, 9.17) is 9.47 Å². The fraction of sp³-hybridized carbons (Fsp3) is 0.448. The van der Waals surface area contributed by atoms with Gasteiger partial charge in [-0.15, -0.1) is 10.2 Å². The average molecular weight is 630 g/mol. The fourth-order valence-corrected chi connectivity index (χ4v) is 5.98. The van der Waals surface area contributed by atoms with Gasteiger partial charge in [0, 0.05) is 17.5 Å². The van der Waals surface area contributed by atoms with Crippen LogP contribution in [0.1, 0.15) is 18.5 Å². The highest BCUT2D eigenvalue weighted by Gasteiger charge is 2.51. The van der Waals surface area contributed by atoms with E-state index in [1.165, 1.54) is 64.2 Å². The molecule has 2 saturated heterocycles. The average Bonchev–Trinajstić information content (AvgIpc) is 3.71. The first-order valence-electron chi connectivity index (χ1n) is 14.3. The van der Waals surface area contributed by atoms with Gasteiger partial charge < -0.3 is 40.1 Å². The van der Waals surface area contributed by atoms with E-state index in [2.05, 4.69) is 20.6 Å². The molecule has 45 heavy (non-hydrogen) atoms. The number of aromatic nitrogens is 6. The van der Waals surface area contributed by atoms with Crippen LogP contribution in [0.15, 0.2) is 60.9 Å². The van der Waals surface area contributed by atoms with Crippen LogP contribution in [0.25, 0.3) is 22.5 Å². The normalized spacial score (nSPS) is 32.1. The number of hydrogen-bond acceptors (Lipinski definition) is 12.